The Balaban J connectivity index is 1.91. The Hall–Kier alpha value is -1.78. The maximum absolute atomic E-state index is 11.8. The third-order valence-corrected chi connectivity index (χ3v) is 2.76. The van der Waals surface area contributed by atoms with Crippen LogP contribution in [0.2, 0.25) is 0 Å². The molecule has 0 atom stereocenters. The predicted molar refractivity (Wildman–Crippen MR) is 54.2 cm³/mol. The average Bonchev–Trinajstić information content (AvgIpc) is 2.95. The molecule has 2 rings (SSSR count). The Labute approximate surface area is 92.8 Å². The Bertz CT molecular complexity index is 392. The van der Waals surface area contributed by atoms with Gasteiger partial charge in [0.25, 0.3) is 0 Å². The molecule has 86 valence electrons. The van der Waals surface area contributed by atoms with Crippen molar-refractivity contribution in [3.63, 3.8) is 0 Å². The van der Waals surface area contributed by atoms with E-state index in [1.54, 1.807) is 12.1 Å². The lowest BCUT2D eigenvalue weighted by Gasteiger charge is -2.11. The standard InChI is InChI=1S/C11H13NO4/c1-15-10(14)11(4-5-11)9(13)12-7-8-3-2-6-16-8/h2-3,6H,4-5,7H2,1H3,(H,12,13). The number of hydrogen-bond acceptors (Lipinski definition) is 4. The van der Waals surface area contributed by atoms with Gasteiger partial charge in [0.1, 0.15) is 11.2 Å². The fraction of sp³-hybridized carbons (Fsp3) is 0.455. The second kappa shape index (κ2) is 4.00. The molecule has 0 radical (unpaired) electrons. The number of furan rings is 1. The number of methoxy groups -OCH3 is 1. The second-order valence-corrected chi connectivity index (χ2v) is 3.84. The summed E-state index contributed by atoms with van der Waals surface area (Å²) in [6, 6.07) is 3.51. The minimum atomic E-state index is -0.943. The predicted octanol–water partition coefficient (Wildman–Crippen LogP) is 0.849. The molecule has 0 unspecified atom stereocenters. The first-order valence-corrected chi connectivity index (χ1v) is 5.08. The topological polar surface area (TPSA) is 68.5 Å². The number of nitrogens with one attached hydrogen (secondary N) is 1. The summed E-state index contributed by atoms with van der Waals surface area (Å²) in [4.78, 5) is 23.2. The van der Waals surface area contributed by atoms with Crippen LogP contribution in [0.25, 0.3) is 0 Å². The maximum Gasteiger partial charge on any atom is 0.321 e. The molecule has 1 aromatic rings. The summed E-state index contributed by atoms with van der Waals surface area (Å²) < 4.78 is 9.69. The lowest BCUT2D eigenvalue weighted by atomic mass is 10.1. The normalized spacial score (nSPS) is 16.6. The Morgan fingerprint density at radius 1 is 1.56 bits per heavy atom. The number of carbonyl (C=O) groups excluding carboxylic acids is 2. The van der Waals surface area contributed by atoms with Crippen LogP contribution in [-0.4, -0.2) is 19.0 Å². The van der Waals surface area contributed by atoms with Gasteiger partial charge in [-0.1, -0.05) is 0 Å². The SMILES string of the molecule is COC(=O)C1(C(=O)NCc2ccco2)CC1. The Kier molecular flexibility index (Phi) is 2.68. The van der Waals surface area contributed by atoms with Gasteiger partial charge in [0.05, 0.1) is 19.9 Å². The molecular weight excluding hydrogens is 210 g/mol. The Morgan fingerprint density at radius 3 is 2.81 bits per heavy atom. The van der Waals surface area contributed by atoms with Gasteiger partial charge in [-0.2, -0.15) is 0 Å². The second-order valence-electron chi connectivity index (χ2n) is 3.84. The summed E-state index contributed by atoms with van der Waals surface area (Å²) in [5, 5.41) is 2.67. The zero-order valence-corrected chi connectivity index (χ0v) is 8.99. The third-order valence-electron chi connectivity index (χ3n) is 2.76. The first kappa shape index (κ1) is 10.7. The Morgan fingerprint density at radius 2 is 2.31 bits per heavy atom. The van der Waals surface area contributed by atoms with Crippen LogP contribution in [0.3, 0.4) is 0 Å². The smallest absolute Gasteiger partial charge is 0.321 e. The van der Waals surface area contributed by atoms with E-state index in [2.05, 4.69) is 10.1 Å². The van der Waals surface area contributed by atoms with Crippen LogP contribution < -0.4 is 5.32 Å². The number of ether oxygens (including phenoxy) is 1. The summed E-state index contributed by atoms with van der Waals surface area (Å²) in [6.07, 6.45) is 2.65. The van der Waals surface area contributed by atoms with E-state index in [-0.39, 0.29) is 5.91 Å². The van der Waals surface area contributed by atoms with Crippen molar-refractivity contribution < 1.29 is 18.7 Å². The van der Waals surface area contributed by atoms with Crippen molar-refractivity contribution in [2.24, 2.45) is 5.41 Å². The van der Waals surface area contributed by atoms with E-state index in [0.717, 1.165) is 0 Å². The van der Waals surface area contributed by atoms with Crippen LogP contribution in [0.1, 0.15) is 18.6 Å². The molecule has 1 aliphatic rings. The van der Waals surface area contributed by atoms with Crippen molar-refractivity contribution >= 4 is 11.9 Å². The lowest BCUT2D eigenvalue weighted by molar-refractivity contribution is -0.152. The first-order chi connectivity index (χ1) is 7.69. The van der Waals surface area contributed by atoms with Gasteiger partial charge in [-0.25, -0.2) is 0 Å². The molecule has 0 bridgehead atoms. The van der Waals surface area contributed by atoms with E-state index in [0.29, 0.717) is 25.1 Å². The minimum Gasteiger partial charge on any atom is -0.468 e. The number of carbonyl (C=O) groups is 2. The molecule has 1 fully saturated rings. The number of esters is 1. The van der Waals surface area contributed by atoms with Crippen LogP contribution in [0.5, 0.6) is 0 Å². The van der Waals surface area contributed by atoms with Crippen molar-refractivity contribution in [1.29, 1.82) is 0 Å². The van der Waals surface area contributed by atoms with Crippen LogP contribution in [-0.2, 0) is 20.9 Å². The van der Waals surface area contributed by atoms with Gasteiger partial charge in [0, 0.05) is 0 Å². The van der Waals surface area contributed by atoms with E-state index in [1.165, 1.54) is 13.4 Å². The lowest BCUT2D eigenvalue weighted by Crippen LogP contribution is -2.37. The van der Waals surface area contributed by atoms with Gasteiger partial charge in [-0.3, -0.25) is 9.59 Å². The molecule has 1 heterocycles. The molecule has 0 spiro atoms. The van der Waals surface area contributed by atoms with Crippen LogP contribution in [0, 0.1) is 5.41 Å². The molecule has 1 aromatic heterocycles. The van der Waals surface area contributed by atoms with Gasteiger partial charge in [0.2, 0.25) is 5.91 Å². The molecule has 1 aliphatic carbocycles. The van der Waals surface area contributed by atoms with Crippen LogP contribution in [0.4, 0.5) is 0 Å². The first-order valence-electron chi connectivity index (χ1n) is 5.08. The number of rotatable bonds is 4. The number of amides is 1. The summed E-state index contributed by atoms with van der Waals surface area (Å²) in [7, 11) is 1.29. The monoisotopic (exact) mass is 223 g/mol. The fourth-order valence-electron chi connectivity index (χ4n) is 1.59. The average molecular weight is 223 g/mol. The third kappa shape index (κ3) is 1.80. The van der Waals surface area contributed by atoms with E-state index >= 15 is 0 Å². The van der Waals surface area contributed by atoms with Gasteiger partial charge in [0.15, 0.2) is 0 Å². The van der Waals surface area contributed by atoms with Gasteiger partial charge < -0.3 is 14.5 Å². The van der Waals surface area contributed by atoms with E-state index < -0.39 is 11.4 Å². The molecule has 5 nitrogen and oxygen atoms in total. The molecule has 1 amide bonds. The quantitative estimate of drug-likeness (QED) is 0.607. The molecule has 5 heteroatoms. The van der Waals surface area contributed by atoms with Crippen LogP contribution >= 0.6 is 0 Å². The van der Waals surface area contributed by atoms with E-state index in [1.807, 2.05) is 0 Å². The number of hydrogen-bond donors (Lipinski definition) is 1. The molecule has 16 heavy (non-hydrogen) atoms. The van der Waals surface area contributed by atoms with Gasteiger partial charge in [-0.15, -0.1) is 0 Å². The summed E-state index contributed by atoms with van der Waals surface area (Å²) in [5.74, 6) is -0.0748. The maximum atomic E-state index is 11.8. The largest absolute Gasteiger partial charge is 0.468 e. The summed E-state index contributed by atoms with van der Waals surface area (Å²) in [6.45, 7) is 0.296. The summed E-state index contributed by atoms with van der Waals surface area (Å²) >= 11 is 0. The molecule has 0 aromatic carbocycles. The molecular formula is C11H13NO4. The van der Waals surface area contributed by atoms with Crippen molar-refractivity contribution in [2.75, 3.05) is 7.11 Å². The van der Waals surface area contributed by atoms with E-state index in [9.17, 15) is 9.59 Å². The highest BCUT2D eigenvalue weighted by molar-refractivity contribution is 6.05. The van der Waals surface area contributed by atoms with Gasteiger partial charge in [-0.05, 0) is 25.0 Å². The molecule has 0 saturated heterocycles. The highest BCUT2D eigenvalue weighted by Crippen LogP contribution is 2.46. The highest BCUT2D eigenvalue weighted by atomic mass is 16.5. The van der Waals surface area contributed by atoms with Crippen LogP contribution in [0.15, 0.2) is 22.8 Å². The van der Waals surface area contributed by atoms with Gasteiger partial charge >= 0.3 is 5.97 Å². The van der Waals surface area contributed by atoms with Crippen molar-refractivity contribution in [1.82, 2.24) is 5.32 Å². The highest BCUT2D eigenvalue weighted by Gasteiger charge is 2.57. The fourth-order valence-corrected chi connectivity index (χ4v) is 1.59. The van der Waals surface area contributed by atoms with E-state index in [4.69, 9.17) is 4.42 Å². The molecule has 1 saturated carbocycles. The molecule has 0 aliphatic heterocycles. The van der Waals surface area contributed by atoms with Crippen molar-refractivity contribution in [2.45, 2.75) is 19.4 Å². The van der Waals surface area contributed by atoms with Crippen molar-refractivity contribution in [3.8, 4) is 0 Å². The van der Waals surface area contributed by atoms with Crippen molar-refractivity contribution in [3.05, 3.63) is 24.2 Å². The zero-order valence-electron chi connectivity index (χ0n) is 8.99. The minimum absolute atomic E-state index is 0.282. The summed E-state index contributed by atoms with van der Waals surface area (Å²) in [5.41, 5.74) is -0.943. The zero-order chi connectivity index (χ0) is 11.6. The molecule has 1 N–H and O–H groups in total.